The SMILES string of the molecule is COC(=O)[C@@H]1C[C@]2(OC)CN1C(=O)[C@H](C(C)(C)C)NC(=O)OCCCCC=Cc1cc3cc2ccc3cc1OC. The average molecular weight is 553 g/mol. The number of esters is 1. The number of nitrogens with one attached hydrogen (secondary N) is 1. The number of amides is 2. The summed E-state index contributed by atoms with van der Waals surface area (Å²) in [6, 6.07) is 8.25. The molecular weight excluding hydrogens is 512 g/mol. The number of hydrogen-bond acceptors (Lipinski definition) is 7. The largest absolute Gasteiger partial charge is 0.496 e. The van der Waals surface area contributed by atoms with Crippen LogP contribution in [0.3, 0.4) is 0 Å². The molecule has 2 aromatic carbocycles. The van der Waals surface area contributed by atoms with Gasteiger partial charge in [0, 0.05) is 19.1 Å². The Morgan fingerprint density at radius 2 is 1.85 bits per heavy atom. The van der Waals surface area contributed by atoms with Gasteiger partial charge in [0.1, 0.15) is 23.4 Å². The summed E-state index contributed by atoms with van der Waals surface area (Å²) in [6.45, 7) is 5.92. The normalized spacial score (nSPS) is 24.3. The first-order chi connectivity index (χ1) is 19.0. The number of carbonyl (C=O) groups is 3. The molecule has 1 saturated heterocycles. The molecule has 3 atom stereocenters. The molecule has 9 nitrogen and oxygen atoms in total. The molecule has 0 radical (unpaired) electrons. The number of alkyl carbamates (subject to hydrolysis) is 1. The lowest BCUT2D eigenvalue weighted by atomic mass is 9.85. The minimum Gasteiger partial charge on any atom is -0.496 e. The predicted octanol–water partition coefficient (Wildman–Crippen LogP) is 4.80. The molecule has 2 amide bonds. The highest BCUT2D eigenvalue weighted by molar-refractivity contribution is 5.92. The second kappa shape index (κ2) is 11.9. The number of methoxy groups -OCH3 is 3. The van der Waals surface area contributed by atoms with Gasteiger partial charge in [0.25, 0.3) is 0 Å². The smallest absolute Gasteiger partial charge is 0.407 e. The molecule has 2 aliphatic rings. The molecule has 40 heavy (non-hydrogen) atoms. The van der Waals surface area contributed by atoms with E-state index in [9.17, 15) is 14.4 Å². The standard InChI is InChI=1S/C31H40N2O7/c1-30(2,3)26-27(34)33-19-31(39-6,18-24(33)28(35)38-5)23-13-12-20-17-25(37-4)21(15-22(20)16-23)11-9-7-8-10-14-40-29(36)32-26/h9,11-13,15-17,24,26H,7-8,10,14,18-19H2,1-6H3,(H,32,36)/t24-,26+,31-/m0/s1. The minimum atomic E-state index is -0.968. The van der Waals surface area contributed by atoms with Gasteiger partial charge >= 0.3 is 12.1 Å². The van der Waals surface area contributed by atoms with E-state index in [0.29, 0.717) is 6.42 Å². The summed E-state index contributed by atoms with van der Waals surface area (Å²) in [5.41, 5.74) is 0.155. The zero-order chi connectivity index (χ0) is 29.1. The van der Waals surface area contributed by atoms with Crippen LogP contribution in [0.1, 0.15) is 57.6 Å². The molecule has 216 valence electrons. The third-order valence-electron chi connectivity index (χ3n) is 7.86. The Labute approximate surface area is 235 Å². The number of benzene rings is 2. The maximum atomic E-state index is 14.1. The fourth-order valence-electron chi connectivity index (χ4n) is 5.52. The summed E-state index contributed by atoms with van der Waals surface area (Å²) >= 11 is 0. The van der Waals surface area contributed by atoms with E-state index >= 15 is 0 Å². The number of cyclic esters (lactones) is 1. The second-order valence-electron chi connectivity index (χ2n) is 11.5. The van der Waals surface area contributed by atoms with E-state index in [0.717, 1.165) is 40.5 Å². The first kappa shape index (κ1) is 29.4. The van der Waals surface area contributed by atoms with E-state index in [2.05, 4.69) is 17.5 Å². The van der Waals surface area contributed by atoms with E-state index in [1.165, 1.54) is 12.0 Å². The molecule has 0 spiro atoms. The zero-order valence-electron chi connectivity index (χ0n) is 24.2. The van der Waals surface area contributed by atoms with Crippen LogP contribution >= 0.6 is 0 Å². The highest BCUT2D eigenvalue weighted by atomic mass is 16.5. The Kier molecular flexibility index (Phi) is 8.73. The number of allylic oxidation sites excluding steroid dienone is 1. The molecule has 9 heteroatoms. The van der Waals surface area contributed by atoms with Gasteiger partial charge in [-0.15, -0.1) is 0 Å². The van der Waals surface area contributed by atoms with Crippen LogP contribution < -0.4 is 10.1 Å². The molecule has 2 aliphatic heterocycles. The van der Waals surface area contributed by atoms with Crippen LogP contribution in [0.4, 0.5) is 4.79 Å². The summed E-state index contributed by atoms with van der Waals surface area (Å²) in [6.07, 6.45) is 5.98. The van der Waals surface area contributed by atoms with Crippen LogP contribution in [0.2, 0.25) is 0 Å². The van der Waals surface area contributed by atoms with Gasteiger partial charge in [0.05, 0.1) is 27.4 Å². The van der Waals surface area contributed by atoms with E-state index < -0.39 is 41.1 Å². The van der Waals surface area contributed by atoms with Gasteiger partial charge < -0.3 is 29.2 Å². The molecule has 0 aromatic heterocycles. The van der Waals surface area contributed by atoms with Gasteiger partial charge in [-0.2, -0.15) is 0 Å². The maximum absolute atomic E-state index is 14.1. The summed E-state index contributed by atoms with van der Waals surface area (Å²) < 4.78 is 22.3. The van der Waals surface area contributed by atoms with Gasteiger partial charge in [0.15, 0.2) is 0 Å². The van der Waals surface area contributed by atoms with Crippen molar-refractivity contribution >= 4 is 34.8 Å². The summed E-state index contributed by atoms with van der Waals surface area (Å²) in [5.74, 6) is -0.170. The number of nitrogens with zero attached hydrogens (tertiary/aromatic N) is 1. The van der Waals surface area contributed by atoms with Crippen molar-refractivity contribution in [1.29, 1.82) is 0 Å². The van der Waals surface area contributed by atoms with Gasteiger partial charge in [-0.3, -0.25) is 4.79 Å². The first-order valence-electron chi connectivity index (χ1n) is 13.7. The third-order valence-corrected chi connectivity index (χ3v) is 7.86. The monoisotopic (exact) mass is 552 g/mol. The van der Waals surface area contributed by atoms with Crippen molar-refractivity contribution in [2.45, 2.75) is 64.1 Å². The third kappa shape index (κ3) is 5.94. The van der Waals surface area contributed by atoms with Crippen molar-refractivity contribution in [3.8, 4) is 5.75 Å². The van der Waals surface area contributed by atoms with Gasteiger partial charge in [-0.05, 0) is 59.2 Å². The number of rotatable bonds is 3. The first-order valence-corrected chi connectivity index (χ1v) is 13.7. The fourth-order valence-corrected chi connectivity index (χ4v) is 5.52. The Balaban J connectivity index is 1.85. The van der Waals surface area contributed by atoms with Crippen molar-refractivity contribution in [2.24, 2.45) is 5.41 Å². The predicted molar refractivity (Wildman–Crippen MR) is 152 cm³/mol. The van der Waals surface area contributed by atoms with E-state index in [1.54, 1.807) is 14.2 Å². The zero-order valence-corrected chi connectivity index (χ0v) is 24.2. The Bertz CT molecular complexity index is 1300. The van der Waals surface area contributed by atoms with E-state index in [1.807, 2.05) is 51.1 Å². The van der Waals surface area contributed by atoms with Gasteiger partial charge in [0.2, 0.25) is 5.91 Å². The minimum absolute atomic E-state index is 0.111. The summed E-state index contributed by atoms with van der Waals surface area (Å²) in [4.78, 5) is 41.3. The number of hydrogen-bond donors (Lipinski definition) is 1. The van der Waals surface area contributed by atoms with Crippen LogP contribution in [-0.4, -0.2) is 69.4 Å². The molecular formula is C31H40N2O7. The molecule has 2 aromatic rings. The Morgan fingerprint density at radius 3 is 2.52 bits per heavy atom. The fraction of sp³-hybridized carbons (Fsp3) is 0.516. The van der Waals surface area contributed by atoms with Gasteiger partial charge in [-0.25, -0.2) is 9.59 Å². The molecule has 5 bridgehead atoms. The van der Waals surface area contributed by atoms with Crippen molar-refractivity contribution in [1.82, 2.24) is 10.2 Å². The lowest BCUT2D eigenvalue weighted by Gasteiger charge is -2.35. The van der Waals surface area contributed by atoms with E-state index in [-0.39, 0.29) is 19.6 Å². The highest BCUT2D eigenvalue weighted by Gasteiger charge is 2.53. The molecule has 2 heterocycles. The maximum Gasteiger partial charge on any atom is 0.407 e. The molecule has 1 fully saturated rings. The van der Waals surface area contributed by atoms with Crippen LogP contribution in [0.25, 0.3) is 16.8 Å². The quantitative estimate of drug-likeness (QED) is 0.546. The molecule has 1 N–H and O–H groups in total. The van der Waals surface area contributed by atoms with Crippen molar-refractivity contribution in [3.05, 3.63) is 47.5 Å². The van der Waals surface area contributed by atoms with Crippen LogP contribution in [0.15, 0.2) is 36.4 Å². The lowest BCUT2D eigenvalue weighted by Crippen LogP contribution is -2.57. The Morgan fingerprint density at radius 1 is 1.07 bits per heavy atom. The Hall–Kier alpha value is -3.59. The summed E-state index contributed by atoms with van der Waals surface area (Å²) in [5, 5.41) is 4.75. The number of fused-ring (bicyclic) bond motifs is 5. The highest BCUT2D eigenvalue weighted by Crippen LogP contribution is 2.42. The molecule has 4 rings (SSSR count). The van der Waals surface area contributed by atoms with Crippen LogP contribution in [-0.2, 0) is 29.4 Å². The van der Waals surface area contributed by atoms with Crippen LogP contribution in [0, 0.1) is 5.41 Å². The molecule has 0 unspecified atom stereocenters. The molecule has 0 saturated carbocycles. The number of carbonyl (C=O) groups excluding carboxylic acids is 3. The lowest BCUT2D eigenvalue weighted by molar-refractivity contribution is -0.152. The molecule has 0 aliphatic carbocycles. The average Bonchev–Trinajstić information content (AvgIpc) is 3.34. The number of ether oxygens (including phenoxy) is 4. The second-order valence-corrected chi connectivity index (χ2v) is 11.5. The van der Waals surface area contributed by atoms with Crippen LogP contribution in [0.5, 0.6) is 5.75 Å². The van der Waals surface area contributed by atoms with E-state index in [4.69, 9.17) is 18.9 Å². The van der Waals surface area contributed by atoms with Crippen molar-refractivity contribution in [2.75, 3.05) is 34.5 Å². The summed E-state index contributed by atoms with van der Waals surface area (Å²) in [7, 11) is 4.54. The van der Waals surface area contributed by atoms with Crippen molar-refractivity contribution in [3.63, 3.8) is 0 Å². The topological polar surface area (TPSA) is 103 Å². The van der Waals surface area contributed by atoms with Crippen molar-refractivity contribution < 1.29 is 33.3 Å². The van der Waals surface area contributed by atoms with Gasteiger partial charge in [-0.1, -0.05) is 45.1 Å².